The number of amides is 1. The molecule has 2 aromatic carbocycles. The number of halogens is 2. The maximum absolute atomic E-state index is 13.0. The third-order valence-corrected chi connectivity index (χ3v) is 8.30. The Morgan fingerprint density at radius 3 is 2.52 bits per heavy atom. The van der Waals surface area contributed by atoms with Crippen LogP contribution in [0.3, 0.4) is 0 Å². The number of sulfonamides is 1. The fraction of sp³-hybridized carbons (Fsp3) is 0.409. The van der Waals surface area contributed by atoms with Gasteiger partial charge in [0.15, 0.2) is 0 Å². The minimum Gasteiger partial charge on any atom is -0.355 e. The summed E-state index contributed by atoms with van der Waals surface area (Å²) in [5.41, 5.74) is 1.70. The minimum absolute atomic E-state index is 0.0149. The Bertz CT molecular complexity index is 979. The van der Waals surface area contributed by atoms with Gasteiger partial charge in [-0.25, -0.2) is 17.1 Å². The number of thioether (sulfide) groups is 1. The van der Waals surface area contributed by atoms with E-state index >= 15 is 0 Å². The van der Waals surface area contributed by atoms with Crippen molar-refractivity contribution >= 4 is 39.3 Å². The molecule has 0 atom stereocenters. The van der Waals surface area contributed by atoms with Crippen molar-refractivity contribution in [3.05, 3.63) is 70.5 Å². The highest BCUT2D eigenvalue weighted by Gasteiger charge is 2.31. The molecule has 1 fully saturated rings. The molecule has 5 nitrogen and oxygen atoms in total. The van der Waals surface area contributed by atoms with Crippen molar-refractivity contribution in [3.8, 4) is 0 Å². The van der Waals surface area contributed by atoms with Crippen LogP contribution in [0.2, 0.25) is 5.02 Å². The zero-order valence-corrected chi connectivity index (χ0v) is 19.5. The summed E-state index contributed by atoms with van der Waals surface area (Å²) in [5, 5.41) is 3.68. The first-order valence-electron chi connectivity index (χ1n) is 10.2. The predicted molar refractivity (Wildman–Crippen MR) is 124 cm³/mol. The molecule has 1 saturated heterocycles. The number of benzene rings is 2. The van der Waals surface area contributed by atoms with Crippen LogP contribution in [0.4, 0.5) is 4.39 Å². The molecule has 3 rings (SSSR count). The Morgan fingerprint density at radius 1 is 1.13 bits per heavy atom. The van der Waals surface area contributed by atoms with Crippen molar-refractivity contribution in [2.24, 2.45) is 5.92 Å². The standard InChI is InChI=1S/C22H26ClFN2O3S2/c23-20-3-1-2-18(14-20)15-30-13-10-25-22(27)19-8-11-26(12-9-19)31(28,29)16-17-4-6-21(24)7-5-17/h1-7,14,19H,8-13,15-16H2,(H,25,27). The van der Waals surface area contributed by atoms with Gasteiger partial charge in [0.05, 0.1) is 5.75 Å². The molecule has 0 aliphatic carbocycles. The number of carbonyl (C=O) groups is 1. The number of nitrogens with one attached hydrogen (secondary N) is 1. The predicted octanol–water partition coefficient (Wildman–Crippen LogP) is 4.07. The van der Waals surface area contributed by atoms with Crippen LogP contribution in [0.5, 0.6) is 0 Å². The molecular formula is C22H26ClFN2O3S2. The van der Waals surface area contributed by atoms with Gasteiger partial charge in [0.1, 0.15) is 5.82 Å². The van der Waals surface area contributed by atoms with E-state index in [0.717, 1.165) is 22.1 Å². The van der Waals surface area contributed by atoms with E-state index in [-0.39, 0.29) is 17.6 Å². The molecule has 168 valence electrons. The van der Waals surface area contributed by atoms with Crippen molar-refractivity contribution in [2.45, 2.75) is 24.3 Å². The highest BCUT2D eigenvalue weighted by molar-refractivity contribution is 7.98. The summed E-state index contributed by atoms with van der Waals surface area (Å²) in [6.07, 6.45) is 1.01. The normalized spacial score (nSPS) is 15.7. The quantitative estimate of drug-likeness (QED) is 0.545. The first kappa shape index (κ1) is 24.0. The lowest BCUT2D eigenvalue weighted by atomic mass is 9.97. The van der Waals surface area contributed by atoms with E-state index in [9.17, 15) is 17.6 Å². The fourth-order valence-corrected chi connectivity index (χ4v) is 6.07. The average molecular weight is 485 g/mol. The van der Waals surface area contributed by atoms with Gasteiger partial charge in [-0.15, -0.1) is 0 Å². The largest absolute Gasteiger partial charge is 0.355 e. The molecule has 0 saturated carbocycles. The van der Waals surface area contributed by atoms with Crippen molar-refractivity contribution in [3.63, 3.8) is 0 Å². The van der Waals surface area contributed by atoms with Crippen molar-refractivity contribution in [1.29, 1.82) is 0 Å². The zero-order valence-electron chi connectivity index (χ0n) is 17.1. The van der Waals surface area contributed by atoms with Gasteiger partial charge in [0.25, 0.3) is 0 Å². The zero-order chi connectivity index (χ0) is 22.3. The van der Waals surface area contributed by atoms with E-state index in [1.165, 1.54) is 28.6 Å². The molecule has 9 heteroatoms. The Balaban J connectivity index is 1.36. The van der Waals surface area contributed by atoms with Gasteiger partial charge >= 0.3 is 0 Å². The molecule has 0 unspecified atom stereocenters. The lowest BCUT2D eigenvalue weighted by molar-refractivity contribution is -0.125. The first-order chi connectivity index (χ1) is 14.8. The summed E-state index contributed by atoms with van der Waals surface area (Å²) in [4.78, 5) is 12.4. The Morgan fingerprint density at radius 2 is 1.84 bits per heavy atom. The third-order valence-electron chi connectivity index (χ3n) is 5.18. The van der Waals surface area contributed by atoms with Gasteiger partial charge in [0, 0.05) is 42.1 Å². The smallest absolute Gasteiger partial charge is 0.223 e. The topological polar surface area (TPSA) is 66.5 Å². The molecule has 1 N–H and O–H groups in total. The number of rotatable bonds is 9. The average Bonchev–Trinajstić information content (AvgIpc) is 2.75. The number of piperidine rings is 1. The number of nitrogens with zero attached hydrogens (tertiary/aromatic N) is 1. The molecule has 2 aromatic rings. The first-order valence-corrected chi connectivity index (χ1v) is 13.3. The molecule has 1 aliphatic rings. The summed E-state index contributed by atoms with van der Waals surface area (Å²) < 4.78 is 39.7. The summed E-state index contributed by atoms with van der Waals surface area (Å²) in [6.45, 7) is 1.23. The van der Waals surface area contributed by atoms with E-state index in [2.05, 4.69) is 5.32 Å². The van der Waals surface area contributed by atoms with Crippen molar-refractivity contribution in [1.82, 2.24) is 9.62 Å². The van der Waals surface area contributed by atoms with Crippen LogP contribution in [0.1, 0.15) is 24.0 Å². The second-order valence-corrected chi connectivity index (χ2v) is 11.0. The van der Waals surface area contributed by atoms with E-state index in [4.69, 9.17) is 11.6 Å². The van der Waals surface area contributed by atoms with E-state index in [1.807, 2.05) is 24.3 Å². The summed E-state index contributed by atoms with van der Waals surface area (Å²) in [7, 11) is -3.49. The van der Waals surface area contributed by atoms with Crippen LogP contribution < -0.4 is 5.32 Å². The van der Waals surface area contributed by atoms with Crippen LogP contribution in [0.15, 0.2) is 48.5 Å². The van der Waals surface area contributed by atoms with Crippen LogP contribution in [0, 0.1) is 11.7 Å². The van der Waals surface area contributed by atoms with Gasteiger partial charge < -0.3 is 5.32 Å². The molecule has 1 heterocycles. The molecule has 0 spiro atoms. The van der Waals surface area contributed by atoms with Gasteiger partial charge in [-0.05, 0) is 48.2 Å². The molecule has 0 bridgehead atoms. The lowest BCUT2D eigenvalue weighted by Crippen LogP contribution is -2.43. The highest BCUT2D eigenvalue weighted by Crippen LogP contribution is 2.22. The summed E-state index contributed by atoms with van der Waals surface area (Å²) in [5.74, 6) is 0.891. The van der Waals surface area contributed by atoms with Crippen LogP contribution >= 0.6 is 23.4 Å². The maximum atomic E-state index is 13.0. The number of hydrogen-bond donors (Lipinski definition) is 1. The maximum Gasteiger partial charge on any atom is 0.223 e. The highest BCUT2D eigenvalue weighted by atomic mass is 35.5. The number of hydrogen-bond acceptors (Lipinski definition) is 4. The van der Waals surface area contributed by atoms with Crippen LogP contribution in [-0.2, 0) is 26.3 Å². The Kier molecular flexibility index (Phi) is 8.77. The second kappa shape index (κ2) is 11.3. The van der Waals surface area contributed by atoms with Gasteiger partial charge in [-0.3, -0.25) is 4.79 Å². The number of carbonyl (C=O) groups excluding carboxylic acids is 1. The van der Waals surface area contributed by atoms with Gasteiger partial charge in [-0.1, -0.05) is 35.9 Å². The Labute approximate surface area is 192 Å². The van der Waals surface area contributed by atoms with Gasteiger partial charge in [-0.2, -0.15) is 11.8 Å². The molecular weight excluding hydrogens is 459 g/mol. The van der Waals surface area contributed by atoms with E-state index in [0.29, 0.717) is 38.0 Å². The van der Waals surface area contributed by atoms with E-state index in [1.54, 1.807) is 11.8 Å². The lowest BCUT2D eigenvalue weighted by Gasteiger charge is -2.30. The molecule has 0 radical (unpaired) electrons. The monoisotopic (exact) mass is 484 g/mol. The molecule has 1 aliphatic heterocycles. The molecule has 31 heavy (non-hydrogen) atoms. The Hall–Kier alpha value is -1.61. The fourth-order valence-electron chi connectivity index (χ4n) is 3.49. The van der Waals surface area contributed by atoms with Crippen molar-refractivity contribution < 1.29 is 17.6 Å². The third kappa shape index (κ3) is 7.49. The van der Waals surface area contributed by atoms with E-state index < -0.39 is 15.8 Å². The minimum atomic E-state index is -3.49. The van der Waals surface area contributed by atoms with Crippen molar-refractivity contribution in [2.75, 3.05) is 25.4 Å². The molecule has 1 amide bonds. The molecule has 0 aromatic heterocycles. The summed E-state index contributed by atoms with van der Waals surface area (Å²) >= 11 is 7.70. The summed E-state index contributed by atoms with van der Waals surface area (Å²) in [6, 6.07) is 13.2. The van der Waals surface area contributed by atoms with Crippen LogP contribution in [-0.4, -0.2) is 44.0 Å². The van der Waals surface area contributed by atoms with Crippen LogP contribution in [0.25, 0.3) is 0 Å². The SMILES string of the molecule is O=C(NCCSCc1cccc(Cl)c1)C1CCN(S(=O)(=O)Cc2ccc(F)cc2)CC1. The van der Waals surface area contributed by atoms with Gasteiger partial charge in [0.2, 0.25) is 15.9 Å². The second-order valence-electron chi connectivity index (χ2n) is 7.53.